The normalized spacial score (nSPS) is 14.2. The SMILES string of the molecule is C=C(/C=C\C=C/C)C1(c2ccccc2)c2cc3cc(N(c4ccccc4)c4cccc5c4oc4c(C)cccc45)ccc3cc2-c2c1c1ccc(N(c3ccccc3)c3cccc4c3oc3c(C)cccc34)cc1c1ccccc21. The molecular weight excluding hydrogens is 973 g/mol. The summed E-state index contributed by atoms with van der Waals surface area (Å²) in [5.74, 6) is 0. The van der Waals surface area contributed by atoms with Crippen LogP contribution >= 0.6 is 0 Å². The third-order valence-corrected chi connectivity index (χ3v) is 16.7. The van der Waals surface area contributed by atoms with E-state index < -0.39 is 5.41 Å². The third kappa shape index (κ3) is 7.02. The first-order valence-electron chi connectivity index (χ1n) is 27.5. The van der Waals surface area contributed by atoms with Gasteiger partial charge in [-0.1, -0.05) is 195 Å². The van der Waals surface area contributed by atoms with Gasteiger partial charge in [0.05, 0.1) is 16.8 Å². The quantitative estimate of drug-likeness (QED) is 0.101. The van der Waals surface area contributed by atoms with E-state index in [2.05, 4.69) is 291 Å². The van der Waals surface area contributed by atoms with Crippen molar-refractivity contribution in [2.75, 3.05) is 9.80 Å². The Morgan fingerprint density at radius 3 is 1.52 bits per heavy atom. The Morgan fingerprint density at radius 1 is 0.412 bits per heavy atom. The summed E-state index contributed by atoms with van der Waals surface area (Å²) in [7, 11) is 0. The molecule has 15 rings (SSSR count). The molecule has 0 amide bonds. The van der Waals surface area contributed by atoms with Crippen LogP contribution in [0.15, 0.2) is 282 Å². The van der Waals surface area contributed by atoms with Crippen molar-refractivity contribution in [3.8, 4) is 11.1 Å². The van der Waals surface area contributed by atoms with Crippen LogP contribution in [0.4, 0.5) is 34.1 Å². The van der Waals surface area contributed by atoms with Crippen LogP contribution in [0, 0.1) is 13.8 Å². The first kappa shape index (κ1) is 47.1. The van der Waals surface area contributed by atoms with E-state index in [1.54, 1.807) is 0 Å². The zero-order chi connectivity index (χ0) is 53.6. The van der Waals surface area contributed by atoms with Crippen molar-refractivity contribution >= 4 is 110 Å². The smallest absolute Gasteiger partial charge is 0.159 e. The first-order valence-corrected chi connectivity index (χ1v) is 27.5. The summed E-state index contributed by atoms with van der Waals surface area (Å²) in [4.78, 5) is 4.70. The lowest BCUT2D eigenvalue weighted by Crippen LogP contribution is -2.29. The maximum atomic E-state index is 6.90. The number of rotatable bonds is 10. The average Bonchev–Trinajstić information content (AvgIpc) is 4.36. The van der Waals surface area contributed by atoms with Crippen molar-refractivity contribution in [2.24, 2.45) is 0 Å². The van der Waals surface area contributed by atoms with Crippen LogP contribution in [0.25, 0.3) is 87.3 Å². The van der Waals surface area contributed by atoms with E-state index in [4.69, 9.17) is 15.4 Å². The standard InChI is InChI=1S/C76H54N2O2/c1-5-6-10-25-50(4)76(53-26-11-7-12-27-53)67-46-52-44-56(77(54-28-13-8-14-29-54)68-38-21-36-63-61-34-19-23-48(2)72(61)79-74(63)68)41-40-51(52)45-66(67)70-59-33-18-17-32-58(59)65-47-57(42-43-60(65)71(70)76)78(55-30-15-9-16-31-55)69-39-22-37-64-62-35-20-24-49(3)73(62)80-75(64)69/h5-47H,4H2,1-3H3/b6-5-,25-10-. The lowest BCUT2D eigenvalue weighted by Gasteiger charge is -2.35. The van der Waals surface area contributed by atoms with Gasteiger partial charge in [0.25, 0.3) is 0 Å². The van der Waals surface area contributed by atoms with Gasteiger partial charge < -0.3 is 18.6 Å². The van der Waals surface area contributed by atoms with E-state index >= 15 is 0 Å². The summed E-state index contributed by atoms with van der Waals surface area (Å²) in [6.45, 7) is 11.4. The van der Waals surface area contributed by atoms with Gasteiger partial charge in [-0.15, -0.1) is 0 Å². The van der Waals surface area contributed by atoms with Crippen LogP contribution in [0.1, 0.15) is 34.7 Å². The minimum absolute atomic E-state index is 0.814. The number of para-hydroxylation sites is 6. The summed E-state index contributed by atoms with van der Waals surface area (Å²) in [5.41, 5.74) is 18.0. The van der Waals surface area contributed by atoms with Crippen molar-refractivity contribution in [3.63, 3.8) is 0 Å². The van der Waals surface area contributed by atoms with E-state index in [-0.39, 0.29) is 0 Å². The summed E-state index contributed by atoms with van der Waals surface area (Å²) in [5, 5.41) is 11.4. The number of furan rings is 2. The number of fused-ring (bicyclic) bond motifs is 15. The molecule has 1 aliphatic carbocycles. The fourth-order valence-electron chi connectivity index (χ4n) is 13.2. The minimum Gasteiger partial charge on any atom is -0.454 e. The fraction of sp³-hybridized carbons (Fsp3) is 0.0526. The van der Waals surface area contributed by atoms with Crippen LogP contribution in [0.5, 0.6) is 0 Å². The molecule has 0 fully saturated rings. The number of aryl methyl sites for hydroxylation is 2. The van der Waals surface area contributed by atoms with Crippen molar-refractivity contribution in [3.05, 3.63) is 301 Å². The molecule has 4 nitrogen and oxygen atoms in total. The van der Waals surface area contributed by atoms with Gasteiger partial charge in [-0.05, 0) is 170 Å². The van der Waals surface area contributed by atoms with E-state index in [1.165, 1.54) is 38.4 Å². The largest absolute Gasteiger partial charge is 0.454 e. The Labute approximate surface area is 464 Å². The molecule has 1 atom stereocenters. The molecule has 14 aromatic rings. The monoisotopic (exact) mass is 1030 g/mol. The molecule has 1 aliphatic rings. The number of allylic oxidation sites excluding steroid dienone is 5. The maximum Gasteiger partial charge on any atom is 0.159 e. The van der Waals surface area contributed by atoms with Gasteiger partial charge in [0, 0.05) is 44.3 Å². The number of hydrogen-bond donors (Lipinski definition) is 0. The number of anilines is 6. The molecule has 0 saturated carbocycles. The lowest BCUT2D eigenvalue weighted by molar-refractivity contribution is 0.665. The molecule has 4 heteroatoms. The Morgan fingerprint density at radius 2 is 0.925 bits per heavy atom. The van der Waals surface area contributed by atoms with Gasteiger partial charge in [-0.2, -0.15) is 0 Å². The summed E-state index contributed by atoms with van der Waals surface area (Å²) in [6.07, 6.45) is 8.54. The molecule has 2 aromatic heterocycles. The lowest BCUT2D eigenvalue weighted by atomic mass is 9.66. The van der Waals surface area contributed by atoms with E-state index in [1.807, 2.05) is 0 Å². The van der Waals surface area contributed by atoms with Crippen molar-refractivity contribution in [2.45, 2.75) is 26.2 Å². The summed E-state index contributed by atoms with van der Waals surface area (Å²) in [6, 6.07) is 86.1. The second-order valence-electron chi connectivity index (χ2n) is 21.2. The van der Waals surface area contributed by atoms with Gasteiger partial charge in [0.15, 0.2) is 11.2 Å². The molecule has 380 valence electrons. The van der Waals surface area contributed by atoms with Crippen LogP contribution in [0.2, 0.25) is 0 Å². The van der Waals surface area contributed by atoms with Crippen LogP contribution in [0.3, 0.4) is 0 Å². The second-order valence-corrected chi connectivity index (χ2v) is 21.2. The Bertz CT molecular complexity index is 4890. The van der Waals surface area contributed by atoms with Crippen LogP contribution in [-0.2, 0) is 5.41 Å². The van der Waals surface area contributed by atoms with Gasteiger partial charge in [0.1, 0.15) is 11.2 Å². The van der Waals surface area contributed by atoms with Gasteiger partial charge in [0.2, 0.25) is 0 Å². The van der Waals surface area contributed by atoms with Crippen LogP contribution in [-0.4, -0.2) is 0 Å². The van der Waals surface area contributed by atoms with Gasteiger partial charge >= 0.3 is 0 Å². The molecule has 0 saturated heterocycles. The topological polar surface area (TPSA) is 32.8 Å². The second kappa shape index (κ2) is 18.5. The zero-order valence-electron chi connectivity index (χ0n) is 44.7. The minimum atomic E-state index is -0.814. The number of benzene rings is 12. The predicted molar refractivity (Wildman–Crippen MR) is 337 cm³/mol. The van der Waals surface area contributed by atoms with Crippen molar-refractivity contribution in [1.82, 2.24) is 0 Å². The molecule has 80 heavy (non-hydrogen) atoms. The highest BCUT2D eigenvalue weighted by molar-refractivity contribution is 6.21. The molecule has 0 bridgehead atoms. The average molecular weight is 1030 g/mol. The van der Waals surface area contributed by atoms with Crippen molar-refractivity contribution < 1.29 is 8.83 Å². The molecule has 2 heterocycles. The molecular formula is C76H54N2O2. The summed E-state index contributed by atoms with van der Waals surface area (Å²) >= 11 is 0. The highest BCUT2D eigenvalue weighted by Gasteiger charge is 2.48. The molecule has 0 spiro atoms. The van der Waals surface area contributed by atoms with Crippen molar-refractivity contribution in [1.29, 1.82) is 0 Å². The molecule has 0 radical (unpaired) electrons. The molecule has 0 aliphatic heterocycles. The predicted octanol–water partition coefficient (Wildman–Crippen LogP) is 21.5. The zero-order valence-corrected chi connectivity index (χ0v) is 44.7. The van der Waals surface area contributed by atoms with E-state index in [9.17, 15) is 0 Å². The highest BCUT2D eigenvalue weighted by Crippen LogP contribution is 2.62. The Balaban J connectivity index is 1.000. The third-order valence-electron chi connectivity index (χ3n) is 16.7. The van der Waals surface area contributed by atoms with Gasteiger partial charge in [-0.25, -0.2) is 0 Å². The maximum absolute atomic E-state index is 6.90. The van der Waals surface area contributed by atoms with Gasteiger partial charge in [-0.3, -0.25) is 0 Å². The van der Waals surface area contributed by atoms with E-state index in [0.29, 0.717) is 0 Å². The van der Waals surface area contributed by atoms with Crippen LogP contribution < -0.4 is 9.80 Å². The van der Waals surface area contributed by atoms with E-state index in [0.717, 1.165) is 116 Å². The fourth-order valence-corrected chi connectivity index (χ4v) is 13.2. The molecule has 12 aromatic carbocycles. The highest BCUT2D eigenvalue weighted by atomic mass is 16.3. The Kier molecular flexibility index (Phi) is 10.9. The molecule has 1 unspecified atom stereocenters. The summed E-state index contributed by atoms with van der Waals surface area (Å²) < 4.78 is 13.8. The number of hydrogen-bond acceptors (Lipinski definition) is 4. The number of nitrogens with zero attached hydrogens (tertiary/aromatic N) is 2. The molecule has 0 N–H and O–H groups in total. The first-order chi connectivity index (χ1) is 39.4. The Hall–Kier alpha value is -10.2.